The fraction of sp³-hybridized carbons (Fsp3) is 0.896. The molecule has 0 aromatic rings. The molecule has 3 N–H and O–H groups in total. The molecular formula is C77H147NO5. The van der Waals surface area contributed by atoms with Crippen LogP contribution in [0.25, 0.3) is 0 Å². The van der Waals surface area contributed by atoms with Crippen LogP contribution in [0, 0.1) is 0 Å². The Balaban J connectivity index is 3.36. The van der Waals surface area contributed by atoms with Crippen LogP contribution in [-0.2, 0) is 14.3 Å². The molecule has 6 heteroatoms. The van der Waals surface area contributed by atoms with Crippen molar-refractivity contribution in [2.24, 2.45) is 0 Å². The van der Waals surface area contributed by atoms with Gasteiger partial charge in [0.15, 0.2) is 0 Å². The highest BCUT2D eigenvalue weighted by Gasteiger charge is 2.18. The first kappa shape index (κ1) is 81.1. The number of aliphatic hydroxyl groups excluding tert-OH is 2. The minimum Gasteiger partial charge on any atom is -0.466 e. The molecule has 83 heavy (non-hydrogen) atoms. The van der Waals surface area contributed by atoms with Crippen LogP contribution in [0.5, 0.6) is 0 Å². The average molecular weight is 1170 g/mol. The maximum atomic E-state index is 12.5. The normalized spacial score (nSPS) is 12.7. The molecule has 0 rings (SSSR count). The molecular weight excluding hydrogens is 1020 g/mol. The van der Waals surface area contributed by atoms with Crippen LogP contribution in [0.4, 0.5) is 0 Å². The number of ether oxygens (including phenoxy) is 1. The molecule has 0 aromatic heterocycles. The lowest BCUT2D eigenvalue weighted by Crippen LogP contribution is -2.45. The molecule has 0 radical (unpaired) electrons. The Morgan fingerprint density at radius 3 is 0.940 bits per heavy atom. The summed E-state index contributed by atoms with van der Waals surface area (Å²) in [7, 11) is 0. The number of esters is 1. The van der Waals surface area contributed by atoms with Gasteiger partial charge in [0.2, 0.25) is 5.91 Å². The maximum Gasteiger partial charge on any atom is 0.305 e. The van der Waals surface area contributed by atoms with E-state index < -0.39 is 12.1 Å². The molecule has 0 spiro atoms. The Morgan fingerprint density at radius 1 is 0.337 bits per heavy atom. The van der Waals surface area contributed by atoms with Gasteiger partial charge in [0.05, 0.1) is 25.4 Å². The molecule has 2 atom stereocenters. The van der Waals surface area contributed by atoms with E-state index >= 15 is 0 Å². The van der Waals surface area contributed by atoms with E-state index in [1.165, 1.54) is 340 Å². The zero-order valence-corrected chi connectivity index (χ0v) is 56.2. The molecule has 2 unspecified atom stereocenters. The minimum atomic E-state index is -0.843. The average Bonchev–Trinajstić information content (AvgIpc) is 3.49. The van der Waals surface area contributed by atoms with Crippen molar-refractivity contribution in [1.29, 1.82) is 0 Å². The lowest BCUT2D eigenvalue weighted by atomic mass is 10.0. The number of hydrogen-bond donors (Lipinski definition) is 3. The first-order valence-corrected chi connectivity index (χ1v) is 37.8. The van der Waals surface area contributed by atoms with E-state index in [0.29, 0.717) is 19.4 Å². The van der Waals surface area contributed by atoms with Crippen molar-refractivity contribution in [3.05, 3.63) is 36.5 Å². The highest BCUT2D eigenvalue weighted by atomic mass is 16.5. The van der Waals surface area contributed by atoms with E-state index in [9.17, 15) is 19.8 Å². The third-order valence-electron chi connectivity index (χ3n) is 17.7. The Labute approximate surface area is 519 Å². The summed E-state index contributed by atoms with van der Waals surface area (Å²) in [6, 6.07) is -0.626. The summed E-state index contributed by atoms with van der Waals surface area (Å²) in [4.78, 5) is 24.6. The lowest BCUT2D eigenvalue weighted by Gasteiger charge is -2.20. The van der Waals surface area contributed by atoms with Gasteiger partial charge in [0, 0.05) is 12.8 Å². The van der Waals surface area contributed by atoms with Crippen molar-refractivity contribution < 1.29 is 24.5 Å². The van der Waals surface area contributed by atoms with Crippen LogP contribution in [0.3, 0.4) is 0 Å². The minimum absolute atomic E-state index is 0.0153. The van der Waals surface area contributed by atoms with E-state index in [1.54, 1.807) is 6.08 Å². The van der Waals surface area contributed by atoms with Crippen LogP contribution in [-0.4, -0.2) is 47.4 Å². The smallest absolute Gasteiger partial charge is 0.305 e. The standard InChI is InChI=1S/C77H147NO5/c1-3-5-7-9-11-13-15-17-19-21-33-37-41-45-49-53-57-61-65-69-75(80)74(73-79)78-76(81)70-66-62-58-54-50-46-42-38-35-31-29-27-25-23-24-26-28-30-32-36-40-44-48-52-56-60-64-68-72-83-77(82)71-67-63-59-55-51-47-43-39-34-22-20-18-16-14-12-10-8-6-4-2/h12,14,18,20,65,69,74-75,79-80H,3-11,13,15-17,19,21-64,66-68,70-73H2,1-2H3,(H,78,81)/b14-12-,20-18-,69-65+. The molecule has 0 aliphatic heterocycles. The summed E-state index contributed by atoms with van der Waals surface area (Å²) >= 11 is 0. The van der Waals surface area contributed by atoms with Gasteiger partial charge in [-0.2, -0.15) is 0 Å². The number of unbranched alkanes of at least 4 members (excludes halogenated alkanes) is 56. The molecule has 0 aliphatic carbocycles. The van der Waals surface area contributed by atoms with Gasteiger partial charge in [0.25, 0.3) is 0 Å². The summed E-state index contributed by atoms with van der Waals surface area (Å²) in [6.07, 6.45) is 93.8. The van der Waals surface area contributed by atoms with Crippen LogP contribution in [0.1, 0.15) is 418 Å². The second-order valence-electron chi connectivity index (χ2n) is 26.0. The third-order valence-corrected chi connectivity index (χ3v) is 17.7. The van der Waals surface area contributed by atoms with Gasteiger partial charge in [-0.3, -0.25) is 9.59 Å². The van der Waals surface area contributed by atoms with Gasteiger partial charge in [-0.1, -0.05) is 378 Å². The molecule has 0 saturated carbocycles. The fourth-order valence-corrected chi connectivity index (χ4v) is 11.9. The van der Waals surface area contributed by atoms with Gasteiger partial charge in [0.1, 0.15) is 0 Å². The number of allylic oxidation sites excluding steroid dienone is 5. The quantitative estimate of drug-likeness (QED) is 0.0320. The third kappa shape index (κ3) is 69.1. The Hall–Kier alpha value is -1.92. The Morgan fingerprint density at radius 2 is 0.602 bits per heavy atom. The van der Waals surface area contributed by atoms with Gasteiger partial charge < -0.3 is 20.3 Å². The molecule has 1 amide bonds. The van der Waals surface area contributed by atoms with E-state index in [0.717, 1.165) is 51.4 Å². The van der Waals surface area contributed by atoms with E-state index in [-0.39, 0.29) is 18.5 Å². The molecule has 0 saturated heterocycles. The van der Waals surface area contributed by atoms with E-state index in [2.05, 4.69) is 43.5 Å². The number of carbonyl (C=O) groups is 2. The van der Waals surface area contributed by atoms with Gasteiger partial charge in [-0.25, -0.2) is 0 Å². The van der Waals surface area contributed by atoms with Gasteiger partial charge >= 0.3 is 5.97 Å². The summed E-state index contributed by atoms with van der Waals surface area (Å²) < 4.78 is 5.51. The zero-order valence-electron chi connectivity index (χ0n) is 56.2. The first-order valence-electron chi connectivity index (χ1n) is 37.8. The predicted octanol–water partition coefficient (Wildman–Crippen LogP) is 24.7. The predicted molar refractivity (Wildman–Crippen MR) is 366 cm³/mol. The molecule has 0 fully saturated rings. The highest BCUT2D eigenvalue weighted by Crippen LogP contribution is 2.19. The number of carbonyl (C=O) groups excluding carboxylic acids is 2. The monoisotopic (exact) mass is 1170 g/mol. The van der Waals surface area contributed by atoms with Crippen molar-refractivity contribution in [2.45, 2.75) is 431 Å². The fourth-order valence-electron chi connectivity index (χ4n) is 11.9. The SMILES string of the molecule is CCCCC/C=C\C/C=C\CCCCCCCCCCCC(=O)OCCCCCCCCCCCCCCCCCCCCCCCCCCCCCCC(=O)NC(CO)C(O)/C=C/CCCCCCCCCCCCCCCCCCC. The Kier molecular flexibility index (Phi) is 70.9. The van der Waals surface area contributed by atoms with Crippen molar-refractivity contribution in [3.8, 4) is 0 Å². The highest BCUT2D eigenvalue weighted by molar-refractivity contribution is 5.76. The number of amides is 1. The van der Waals surface area contributed by atoms with E-state index in [1.807, 2.05) is 6.08 Å². The van der Waals surface area contributed by atoms with Crippen LogP contribution in [0.15, 0.2) is 36.5 Å². The van der Waals surface area contributed by atoms with Gasteiger partial charge in [-0.05, 0) is 64.2 Å². The largest absolute Gasteiger partial charge is 0.466 e. The second-order valence-corrected chi connectivity index (χ2v) is 26.0. The summed E-state index contributed by atoms with van der Waals surface area (Å²) in [5, 5.41) is 23.2. The maximum absolute atomic E-state index is 12.5. The first-order chi connectivity index (χ1) is 41.0. The molecule has 0 aromatic carbocycles. The summed E-state index contributed by atoms with van der Waals surface area (Å²) in [5.41, 5.74) is 0. The topological polar surface area (TPSA) is 95.9 Å². The number of nitrogens with one attached hydrogen (secondary N) is 1. The summed E-state index contributed by atoms with van der Waals surface area (Å²) in [6.45, 7) is 4.92. The molecule has 0 heterocycles. The molecule has 490 valence electrons. The van der Waals surface area contributed by atoms with Crippen molar-refractivity contribution >= 4 is 11.9 Å². The molecule has 0 aliphatic rings. The summed E-state index contributed by atoms with van der Waals surface area (Å²) in [5.74, 6) is -0.0457. The zero-order chi connectivity index (χ0) is 59.9. The van der Waals surface area contributed by atoms with Crippen molar-refractivity contribution in [3.63, 3.8) is 0 Å². The second kappa shape index (κ2) is 72.6. The molecule has 6 nitrogen and oxygen atoms in total. The van der Waals surface area contributed by atoms with E-state index in [4.69, 9.17) is 4.74 Å². The Bertz CT molecular complexity index is 1340. The van der Waals surface area contributed by atoms with Crippen LogP contribution >= 0.6 is 0 Å². The lowest BCUT2D eigenvalue weighted by molar-refractivity contribution is -0.143. The number of rotatable bonds is 71. The van der Waals surface area contributed by atoms with Crippen molar-refractivity contribution in [1.82, 2.24) is 5.32 Å². The molecule has 0 bridgehead atoms. The van der Waals surface area contributed by atoms with Crippen LogP contribution < -0.4 is 5.32 Å². The number of hydrogen-bond acceptors (Lipinski definition) is 5. The van der Waals surface area contributed by atoms with Crippen LogP contribution in [0.2, 0.25) is 0 Å². The van der Waals surface area contributed by atoms with Gasteiger partial charge in [-0.15, -0.1) is 0 Å². The number of aliphatic hydroxyl groups is 2. The van der Waals surface area contributed by atoms with Crippen molar-refractivity contribution in [2.75, 3.05) is 13.2 Å².